The van der Waals surface area contributed by atoms with Crippen LogP contribution in [-0.2, 0) is 6.54 Å². The van der Waals surface area contributed by atoms with Gasteiger partial charge in [0, 0.05) is 11.1 Å². The first-order valence-corrected chi connectivity index (χ1v) is 8.66. The third kappa shape index (κ3) is 3.10. The molecule has 0 aliphatic carbocycles. The molecule has 5 heteroatoms. The van der Waals surface area contributed by atoms with E-state index in [1.54, 1.807) is 0 Å². The molecule has 1 aliphatic heterocycles. The molecule has 4 rings (SSSR count). The zero-order valence-electron chi connectivity index (χ0n) is 14.1. The standard InChI is InChI=1S/C20H21N3O2/c21-20(24)19-17(16-8-4-5-9-18(16)25-19)14-22-10-12-23(13-11-22)15-6-2-1-3-7-15/h1-9H,10-14H2,(H2,21,24)/p+1. The van der Waals surface area contributed by atoms with Crippen LogP contribution in [0.2, 0.25) is 0 Å². The summed E-state index contributed by atoms with van der Waals surface area (Å²) in [6.45, 7) is 4.80. The maximum Gasteiger partial charge on any atom is 0.284 e. The maximum absolute atomic E-state index is 11.8. The molecule has 0 unspecified atom stereocenters. The number of amides is 1. The number of nitrogens with two attached hydrogens (primary N) is 1. The third-order valence-corrected chi connectivity index (χ3v) is 4.94. The summed E-state index contributed by atoms with van der Waals surface area (Å²) >= 11 is 0. The van der Waals surface area contributed by atoms with Crippen molar-refractivity contribution >= 4 is 22.6 Å². The molecule has 1 saturated heterocycles. The van der Waals surface area contributed by atoms with Gasteiger partial charge < -0.3 is 20.0 Å². The van der Waals surface area contributed by atoms with E-state index in [0.717, 1.165) is 49.3 Å². The Kier molecular flexibility index (Phi) is 4.15. The van der Waals surface area contributed by atoms with Gasteiger partial charge in [0.25, 0.3) is 5.91 Å². The number of piperazine rings is 1. The van der Waals surface area contributed by atoms with Crippen LogP contribution in [0.5, 0.6) is 0 Å². The van der Waals surface area contributed by atoms with Crippen molar-refractivity contribution in [2.45, 2.75) is 6.54 Å². The largest absolute Gasteiger partial charge is 0.450 e. The molecule has 1 fully saturated rings. The number of quaternary nitrogens is 1. The first-order valence-electron chi connectivity index (χ1n) is 8.66. The Labute approximate surface area is 146 Å². The van der Waals surface area contributed by atoms with Crippen molar-refractivity contribution in [3.05, 3.63) is 65.9 Å². The van der Waals surface area contributed by atoms with Gasteiger partial charge in [-0.15, -0.1) is 0 Å². The van der Waals surface area contributed by atoms with Gasteiger partial charge in [-0.3, -0.25) is 4.79 Å². The van der Waals surface area contributed by atoms with Crippen molar-refractivity contribution in [3.8, 4) is 0 Å². The number of fused-ring (bicyclic) bond motifs is 1. The molecule has 2 aromatic carbocycles. The van der Waals surface area contributed by atoms with E-state index in [0.29, 0.717) is 5.76 Å². The summed E-state index contributed by atoms with van der Waals surface area (Å²) in [5, 5.41) is 0.995. The van der Waals surface area contributed by atoms with Crippen LogP contribution < -0.4 is 15.5 Å². The van der Waals surface area contributed by atoms with Crippen LogP contribution in [0.1, 0.15) is 16.1 Å². The van der Waals surface area contributed by atoms with E-state index in [9.17, 15) is 4.79 Å². The van der Waals surface area contributed by atoms with Crippen molar-refractivity contribution in [2.24, 2.45) is 5.73 Å². The highest BCUT2D eigenvalue weighted by molar-refractivity contribution is 5.98. The van der Waals surface area contributed by atoms with Crippen LogP contribution in [0.4, 0.5) is 5.69 Å². The molecule has 5 nitrogen and oxygen atoms in total. The number of benzene rings is 2. The van der Waals surface area contributed by atoms with Crippen molar-refractivity contribution in [2.75, 3.05) is 31.1 Å². The van der Waals surface area contributed by atoms with Crippen molar-refractivity contribution in [3.63, 3.8) is 0 Å². The van der Waals surface area contributed by atoms with Gasteiger partial charge in [-0.05, 0) is 18.2 Å². The zero-order chi connectivity index (χ0) is 17.2. The Hall–Kier alpha value is -2.79. The minimum atomic E-state index is -0.492. The Bertz CT molecular complexity index is 880. The fourth-order valence-corrected chi connectivity index (χ4v) is 3.62. The lowest BCUT2D eigenvalue weighted by atomic mass is 10.1. The van der Waals surface area contributed by atoms with Gasteiger partial charge in [-0.1, -0.05) is 36.4 Å². The van der Waals surface area contributed by atoms with Crippen LogP contribution >= 0.6 is 0 Å². The molecule has 128 valence electrons. The SMILES string of the molecule is NC(=O)c1oc2ccccc2c1C[NH+]1CCN(c2ccccc2)CC1. The summed E-state index contributed by atoms with van der Waals surface area (Å²) in [7, 11) is 0. The van der Waals surface area contributed by atoms with Gasteiger partial charge in [0.05, 0.1) is 31.7 Å². The lowest BCUT2D eigenvalue weighted by Crippen LogP contribution is -3.13. The van der Waals surface area contributed by atoms with E-state index in [2.05, 4.69) is 29.2 Å². The molecule has 3 N–H and O–H groups in total. The highest BCUT2D eigenvalue weighted by Gasteiger charge is 2.25. The van der Waals surface area contributed by atoms with E-state index in [4.69, 9.17) is 10.2 Å². The summed E-state index contributed by atoms with van der Waals surface area (Å²) in [5.41, 5.74) is 8.47. The van der Waals surface area contributed by atoms with Gasteiger partial charge in [0.1, 0.15) is 12.1 Å². The number of carbonyl (C=O) groups is 1. The number of primary amides is 1. The predicted molar refractivity (Wildman–Crippen MR) is 97.8 cm³/mol. The minimum absolute atomic E-state index is 0.305. The van der Waals surface area contributed by atoms with Crippen LogP contribution in [0, 0.1) is 0 Å². The maximum atomic E-state index is 11.8. The quantitative estimate of drug-likeness (QED) is 0.758. The van der Waals surface area contributed by atoms with E-state index in [1.807, 2.05) is 30.3 Å². The average molecular weight is 336 g/mol. The Morgan fingerprint density at radius 3 is 2.44 bits per heavy atom. The number of rotatable bonds is 4. The molecule has 0 saturated carbocycles. The summed E-state index contributed by atoms with van der Waals surface area (Å²) < 4.78 is 5.69. The Morgan fingerprint density at radius 1 is 1.04 bits per heavy atom. The first kappa shape index (κ1) is 15.7. The fraction of sp³-hybridized carbons (Fsp3) is 0.250. The lowest BCUT2D eigenvalue weighted by Gasteiger charge is -2.33. The number of nitrogens with one attached hydrogen (secondary N) is 1. The summed E-state index contributed by atoms with van der Waals surface area (Å²) in [5.74, 6) is -0.187. The molecule has 1 amide bonds. The van der Waals surface area contributed by atoms with E-state index in [-0.39, 0.29) is 0 Å². The van der Waals surface area contributed by atoms with Crippen molar-refractivity contribution in [1.82, 2.24) is 0 Å². The highest BCUT2D eigenvalue weighted by atomic mass is 16.3. The third-order valence-electron chi connectivity index (χ3n) is 4.94. The topological polar surface area (TPSA) is 63.9 Å². The number of hydrogen-bond donors (Lipinski definition) is 2. The average Bonchev–Trinajstić information content (AvgIpc) is 3.02. The van der Waals surface area contributed by atoms with E-state index >= 15 is 0 Å². The second-order valence-corrected chi connectivity index (χ2v) is 6.52. The van der Waals surface area contributed by atoms with Crippen LogP contribution in [0.25, 0.3) is 11.0 Å². The van der Waals surface area contributed by atoms with Gasteiger partial charge in [-0.2, -0.15) is 0 Å². The van der Waals surface area contributed by atoms with Crippen LogP contribution in [0.3, 0.4) is 0 Å². The van der Waals surface area contributed by atoms with Gasteiger partial charge >= 0.3 is 0 Å². The molecule has 3 aromatic rings. The van der Waals surface area contributed by atoms with Crippen molar-refractivity contribution < 1.29 is 14.1 Å². The fourth-order valence-electron chi connectivity index (χ4n) is 3.62. The molecular weight excluding hydrogens is 314 g/mol. The first-order chi connectivity index (χ1) is 12.2. The molecule has 0 spiro atoms. The number of carbonyl (C=O) groups excluding carboxylic acids is 1. The molecule has 1 aliphatic rings. The zero-order valence-corrected chi connectivity index (χ0v) is 14.1. The van der Waals surface area contributed by atoms with Crippen LogP contribution in [-0.4, -0.2) is 32.1 Å². The van der Waals surface area contributed by atoms with Gasteiger partial charge in [-0.25, -0.2) is 0 Å². The van der Waals surface area contributed by atoms with Gasteiger partial charge in [0.15, 0.2) is 0 Å². The van der Waals surface area contributed by atoms with Crippen molar-refractivity contribution in [1.29, 1.82) is 0 Å². The minimum Gasteiger partial charge on any atom is -0.450 e. The molecule has 0 bridgehead atoms. The normalized spacial score (nSPS) is 15.6. The summed E-state index contributed by atoms with van der Waals surface area (Å²) in [4.78, 5) is 15.6. The van der Waals surface area contributed by atoms with Crippen LogP contribution in [0.15, 0.2) is 59.0 Å². The number of nitrogens with zero attached hydrogens (tertiary/aromatic N) is 1. The second-order valence-electron chi connectivity index (χ2n) is 6.52. The van der Waals surface area contributed by atoms with E-state index < -0.39 is 5.91 Å². The molecule has 2 heterocycles. The lowest BCUT2D eigenvalue weighted by molar-refractivity contribution is -0.914. The second kappa shape index (κ2) is 6.61. The Morgan fingerprint density at radius 2 is 1.72 bits per heavy atom. The molecule has 1 aromatic heterocycles. The monoisotopic (exact) mass is 336 g/mol. The number of para-hydroxylation sites is 2. The summed E-state index contributed by atoms with van der Waals surface area (Å²) in [6, 6.07) is 18.3. The highest BCUT2D eigenvalue weighted by Crippen LogP contribution is 2.25. The molecule has 25 heavy (non-hydrogen) atoms. The van der Waals surface area contributed by atoms with E-state index in [1.165, 1.54) is 10.6 Å². The predicted octanol–water partition coefficient (Wildman–Crippen LogP) is 1.44. The smallest absolute Gasteiger partial charge is 0.284 e. The molecular formula is C20H22N3O2+. The number of hydrogen-bond acceptors (Lipinski definition) is 3. The summed E-state index contributed by atoms with van der Waals surface area (Å²) in [6.07, 6.45) is 0. The Balaban J connectivity index is 1.51. The molecule has 0 radical (unpaired) electrons. The number of furan rings is 1. The number of anilines is 1. The van der Waals surface area contributed by atoms with Gasteiger partial charge in [0.2, 0.25) is 5.76 Å². The molecule has 0 atom stereocenters.